The second-order valence-electron chi connectivity index (χ2n) is 7.54. The number of piperazine rings is 1. The fourth-order valence-electron chi connectivity index (χ4n) is 3.65. The number of rotatable bonds is 7. The molecule has 2 heterocycles. The summed E-state index contributed by atoms with van der Waals surface area (Å²) in [5.41, 5.74) is 1.02. The molecular formula is C22H24ClFN2O4S3. The molecule has 6 nitrogen and oxygen atoms in total. The van der Waals surface area contributed by atoms with Crippen molar-refractivity contribution >= 4 is 43.6 Å². The molecule has 0 aliphatic carbocycles. The van der Waals surface area contributed by atoms with Gasteiger partial charge in [-0.15, -0.1) is 23.7 Å². The number of hydrogen-bond acceptors (Lipinski definition) is 6. The third kappa shape index (κ3) is 5.64. The van der Waals surface area contributed by atoms with Crippen molar-refractivity contribution in [2.75, 3.05) is 32.7 Å². The van der Waals surface area contributed by atoms with Gasteiger partial charge in [0.2, 0.25) is 19.9 Å². The average Bonchev–Trinajstić information content (AvgIpc) is 3.32. The summed E-state index contributed by atoms with van der Waals surface area (Å²) in [6.07, 6.45) is 0.747. The topological polar surface area (TPSA) is 74.8 Å². The molecule has 0 unspecified atom stereocenters. The predicted octanol–water partition coefficient (Wildman–Crippen LogP) is 3.69. The smallest absolute Gasteiger partial charge is 0.245 e. The molecule has 0 N–H and O–H groups in total. The quantitative estimate of drug-likeness (QED) is 0.466. The first-order valence-corrected chi connectivity index (χ1v) is 14.0. The first kappa shape index (κ1) is 25.8. The van der Waals surface area contributed by atoms with Crippen molar-refractivity contribution in [2.24, 2.45) is 0 Å². The molecule has 0 saturated carbocycles. The molecule has 4 rings (SSSR count). The van der Waals surface area contributed by atoms with Crippen molar-refractivity contribution < 1.29 is 21.2 Å². The minimum Gasteiger partial charge on any atom is -0.300 e. The largest absolute Gasteiger partial charge is 0.300 e. The molecule has 2 aromatic carbocycles. The molecule has 1 aromatic heterocycles. The summed E-state index contributed by atoms with van der Waals surface area (Å²) in [5.74, 6) is -0.269. The third-order valence-electron chi connectivity index (χ3n) is 5.52. The summed E-state index contributed by atoms with van der Waals surface area (Å²) in [6, 6.07) is 14.2. The van der Waals surface area contributed by atoms with Gasteiger partial charge in [-0.05, 0) is 36.2 Å². The summed E-state index contributed by atoms with van der Waals surface area (Å²) in [5, 5.41) is 2.78. The van der Waals surface area contributed by atoms with Crippen LogP contribution < -0.4 is 0 Å². The molecule has 1 saturated heterocycles. The zero-order valence-corrected chi connectivity index (χ0v) is 20.9. The molecule has 1 aliphatic rings. The van der Waals surface area contributed by atoms with E-state index in [2.05, 4.69) is 4.90 Å². The van der Waals surface area contributed by atoms with Crippen LogP contribution in [0.15, 0.2) is 80.0 Å². The highest BCUT2D eigenvalue weighted by molar-refractivity contribution is 7.93. The van der Waals surface area contributed by atoms with E-state index in [1.165, 1.54) is 39.3 Å². The van der Waals surface area contributed by atoms with Gasteiger partial charge in [-0.1, -0.05) is 30.3 Å². The van der Waals surface area contributed by atoms with Crippen molar-refractivity contribution in [3.63, 3.8) is 0 Å². The first-order chi connectivity index (χ1) is 15.3. The van der Waals surface area contributed by atoms with Crippen molar-refractivity contribution in [3.05, 3.63) is 76.7 Å². The Bertz CT molecular complexity index is 1270. The Morgan fingerprint density at radius 2 is 1.42 bits per heavy atom. The molecule has 0 atom stereocenters. The van der Waals surface area contributed by atoms with Gasteiger partial charge >= 0.3 is 0 Å². The zero-order valence-electron chi connectivity index (χ0n) is 17.6. The van der Waals surface area contributed by atoms with Crippen molar-refractivity contribution in [1.29, 1.82) is 0 Å². The van der Waals surface area contributed by atoms with E-state index in [0.29, 0.717) is 13.1 Å². The van der Waals surface area contributed by atoms with Gasteiger partial charge in [-0.2, -0.15) is 4.31 Å². The Labute approximate surface area is 204 Å². The molecule has 11 heteroatoms. The average molecular weight is 531 g/mol. The number of sulfone groups is 1. The van der Waals surface area contributed by atoms with Crippen LogP contribution in [0.2, 0.25) is 0 Å². The summed E-state index contributed by atoms with van der Waals surface area (Å²) < 4.78 is 67.0. The van der Waals surface area contributed by atoms with E-state index in [4.69, 9.17) is 0 Å². The Balaban J connectivity index is 0.00000306. The van der Waals surface area contributed by atoms with Crippen LogP contribution in [-0.2, 0) is 26.3 Å². The van der Waals surface area contributed by atoms with E-state index >= 15 is 0 Å². The zero-order chi connectivity index (χ0) is 22.8. The Morgan fingerprint density at radius 3 is 2.06 bits per heavy atom. The van der Waals surface area contributed by atoms with Gasteiger partial charge in [0.1, 0.15) is 15.6 Å². The molecule has 0 bridgehead atoms. The fourth-order valence-corrected chi connectivity index (χ4v) is 8.67. The summed E-state index contributed by atoms with van der Waals surface area (Å²) >= 11 is 1.06. The lowest BCUT2D eigenvalue weighted by Gasteiger charge is -2.34. The fraction of sp³-hybridized carbons (Fsp3) is 0.273. The summed E-state index contributed by atoms with van der Waals surface area (Å²) in [7, 11) is -7.87. The van der Waals surface area contributed by atoms with E-state index in [1.54, 1.807) is 30.3 Å². The van der Waals surface area contributed by atoms with Gasteiger partial charge < -0.3 is 4.90 Å². The molecule has 3 aromatic rings. The lowest BCUT2D eigenvalue weighted by molar-refractivity contribution is 0.190. The van der Waals surface area contributed by atoms with Crippen LogP contribution in [0, 0.1) is 5.82 Å². The highest BCUT2D eigenvalue weighted by atomic mass is 35.5. The highest BCUT2D eigenvalue weighted by Gasteiger charge is 2.34. The number of hydrogen-bond donors (Lipinski definition) is 0. The molecule has 0 radical (unpaired) electrons. The SMILES string of the molecule is Cl.O=S(=O)(c1ccccc1)c1cscc1S(=O)(=O)N1CCN(CCc2ccc(F)cc2)CC1. The number of benzene rings is 2. The van der Waals surface area contributed by atoms with Gasteiger partial charge in [-0.3, -0.25) is 0 Å². The van der Waals surface area contributed by atoms with Gasteiger partial charge in [0.05, 0.1) is 4.90 Å². The molecule has 178 valence electrons. The lowest BCUT2D eigenvalue weighted by atomic mass is 10.1. The van der Waals surface area contributed by atoms with Crippen molar-refractivity contribution in [2.45, 2.75) is 21.1 Å². The maximum atomic E-state index is 13.3. The number of sulfonamides is 1. The summed E-state index contributed by atoms with van der Waals surface area (Å²) in [6.45, 7) is 2.40. The minimum absolute atomic E-state index is 0. The van der Waals surface area contributed by atoms with Crippen LogP contribution in [0.4, 0.5) is 4.39 Å². The van der Waals surface area contributed by atoms with E-state index < -0.39 is 19.9 Å². The molecular weight excluding hydrogens is 507 g/mol. The van der Waals surface area contributed by atoms with Gasteiger partial charge in [0, 0.05) is 43.5 Å². The van der Waals surface area contributed by atoms with E-state index in [0.717, 1.165) is 29.9 Å². The number of halogens is 2. The Hall–Kier alpha value is -1.82. The second-order valence-corrected chi connectivity index (χ2v) is 12.1. The molecule has 33 heavy (non-hydrogen) atoms. The number of thiophene rings is 1. The highest BCUT2D eigenvalue weighted by Crippen LogP contribution is 2.32. The van der Waals surface area contributed by atoms with Crippen LogP contribution in [0.1, 0.15) is 5.56 Å². The van der Waals surface area contributed by atoms with E-state index in [1.807, 2.05) is 0 Å². The molecule has 1 fully saturated rings. The standard InChI is InChI=1S/C22H23FN2O4S3.ClH/c23-19-8-6-18(7-9-19)10-11-24-12-14-25(15-13-24)32(28,29)22-17-30-16-21(22)31(26,27)20-4-2-1-3-5-20;/h1-9,16-17H,10-15H2;1H. The number of nitrogens with zero attached hydrogens (tertiary/aromatic N) is 2. The molecule has 0 spiro atoms. The predicted molar refractivity (Wildman–Crippen MR) is 129 cm³/mol. The maximum Gasteiger partial charge on any atom is 0.245 e. The normalized spacial score (nSPS) is 15.8. The van der Waals surface area contributed by atoms with Crippen molar-refractivity contribution in [3.8, 4) is 0 Å². The molecule has 1 aliphatic heterocycles. The first-order valence-electron chi connectivity index (χ1n) is 10.1. The minimum atomic E-state index is -3.94. The van der Waals surface area contributed by atoms with Gasteiger partial charge in [0.25, 0.3) is 0 Å². The van der Waals surface area contributed by atoms with Crippen LogP contribution in [0.25, 0.3) is 0 Å². The second kappa shape index (κ2) is 10.6. The lowest BCUT2D eigenvalue weighted by Crippen LogP contribution is -2.49. The van der Waals surface area contributed by atoms with Gasteiger partial charge in [0.15, 0.2) is 0 Å². The Morgan fingerprint density at radius 1 is 0.818 bits per heavy atom. The maximum absolute atomic E-state index is 13.3. The van der Waals surface area contributed by atoms with Crippen molar-refractivity contribution in [1.82, 2.24) is 9.21 Å². The van der Waals surface area contributed by atoms with Gasteiger partial charge in [-0.25, -0.2) is 21.2 Å². The van der Waals surface area contributed by atoms with Crippen LogP contribution >= 0.6 is 23.7 Å². The monoisotopic (exact) mass is 530 g/mol. The van der Waals surface area contributed by atoms with Crippen LogP contribution in [0.5, 0.6) is 0 Å². The van der Waals surface area contributed by atoms with E-state index in [9.17, 15) is 21.2 Å². The van der Waals surface area contributed by atoms with Crippen LogP contribution in [0.3, 0.4) is 0 Å². The molecule has 0 amide bonds. The third-order valence-corrected chi connectivity index (χ3v) is 10.4. The summed E-state index contributed by atoms with van der Waals surface area (Å²) in [4.78, 5) is 1.89. The van der Waals surface area contributed by atoms with E-state index in [-0.39, 0.29) is 46.0 Å². The van der Waals surface area contributed by atoms with Crippen LogP contribution in [-0.4, -0.2) is 58.8 Å². The Kier molecular flexibility index (Phi) is 8.31.